The van der Waals surface area contributed by atoms with E-state index in [9.17, 15) is 4.79 Å². The van der Waals surface area contributed by atoms with Crippen molar-refractivity contribution in [2.75, 3.05) is 18.4 Å². The Kier molecular flexibility index (Phi) is 6.86. The SMILES string of the molecule is O=c1c(NCCc2ccccn2)ncc(Cl)n1CCNCc1cccc2cnccc12. The highest BCUT2D eigenvalue weighted by atomic mass is 35.5. The predicted octanol–water partition coefficient (Wildman–Crippen LogP) is 3.28. The van der Waals surface area contributed by atoms with Crippen molar-refractivity contribution in [3.63, 3.8) is 0 Å². The van der Waals surface area contributed by atoms with E-state index in [4.69, 9.17) is 11.6 Å². The summed E-state index contributed by atoms with van der Waals surface area (Å²) in [5, 5.41) is 9.08. The summed E-state index contributed by atoms with van der Waals surface area (Å²) in [7, 11) is 0. The quantitative estimate of drug-likeness (QED) is 0.393. The molecular weight excluding hydrogens is 412 g/mol. The number of nitrogens with zero attached hydrogens (tertiary/aromatic N) is 4. The lowest BCUT2D eigenvalue weighted by molar-refractivity contribution is 0.585. The standard InChI is InChI=1S/C23H23ClN6O/c24-21-16-29-22(28-11-7-19-6-1-2-9-27-19)23(31)30(21)13-12-26-15-18-5-3-4-17-14-25-10-8-20(17)18/h1-6,8-10,14,16,26H,7,11-13,15H2,(H,28,29). The van der Waals surface area contributed by atoms with Gasteiger partial charge >= 0.3 is 0 Å². The first-order valence-electron chi connectivity index (χ1n) is 10.1. The summed E-state index contributed by atoms with van der Waals surface area (Å²) in [5.74, 6) is 0.293. The molecule has 0 radical (unpaired) electrons. The fourth-order valence-electron chi connectivity index (χ4n) is 3.41. The van der Waals surface area contributed by atoms with Gasteiger partial charge in [-0.25, -0.2) is 4.98 Å². The van der Waals surface area contributed by atoms with Crippen LogP contribution in [0.2, 0.25) is 5.15 Å². The normalized spacial score (nSPS) is 11.0. The van der Waals surface area contributed by atoms with E-state index >= 15 is 0 Å². The van der Waals surface area contributed by atoms with Gasteiger partial charge in [-0.2, -0.15) is 0 Å². The number of benzene rings is 1. The largest absolute Gasteiger partial charge is 0.365 e. The van der Waals surface area contributed by atoms with Gasteiger partial charge in [-0.05, 0) is 29.1 Å². The Morgan fingerprint density at radius 3 is 2.77 bits per heavy atom. The monoisotopic (exact) mass is 434 g/mol. The van der Waals surface area contributed by atoms with E-state index in [1.165, 1.54) is 21.7 Å². The molecule has 7 nitrogen and oxygen atoms in total. The Morgan fingerprint density at radius 1 is 0.968 bits per heavy atom. The number of nitrogens with one attached hydrogen (secondary N) is 2. The van der Waals surface area contributed by atoms with E-state index in [1.807, 2.05) is 42.6 Å². The first-order valence-corrected chi connectivity index (χ1v) is 10.5. The minimum Gasteiger partial charge on any atom is -0.365 e. The van der Waals surface area contributed by atoms with Crippen LogP contribution in [0.25, 0.3) is 10.8 Å². The van der Waals surface area contributed by atoms with Gasteiger partial charge in [0.2, 0.25) is 0 Å². The molecule has 0 aliphatic carbocycles. The molecule has 3 heterocycles. The fourth-order valence-corrected chi connectivity index (χ4v) is 3.62. The first-order chi connectivity index (χ1) is 15.2. The van der Waals surface area contributed by atoms with Crippen molar-refractivity contribution in [3.05, 3.63) is 94.0 Å². The number of hydrogen-bond donors (Lipinski definition) is 2. The molecule has 0 unspecified atom stereocenters. The second-order valence-electron chi connectivity index (χ2n) is 7.07. The maximum atomic E-state index is 12.8. The minimum atomic E-state index is -0.230. The average Bonchev–Trinajstić information content (AvgIpc) is 2.81. The zero-order valence-electron chi connectivity index (χ0n) is 17.0. The number of aromatic nitrogens is 4. The van der Waals surface area contributed by atoms with Gasteiger partial charge in [0, 0.05) is 62.3 Å². The number of halogens is 1. The van der Waals surface area contributed by atoms with E-state index in [1.54, 1.807) is 12.4 Å². The Hall–Kier alpha value is -3.29. The number of anilines is 1. The highest BCUT2D eigenvalue weighted by Crippen LogP contribution is 2.17. The molecule has 4 aromatic rings. The summed E-state index contributed by atoms with van der Waals surface area (Å²) in [6.07, 6.45) is 7.61. The number of hydrogen-bond acceptors (Lipinski definition) is 6. The highest BCUT2D eigenvalue weighted by molar-refractivity contribution is 6.29. The molecule has 0 saturated heterocycles. The van der Waals surface area contributed by atoms with E-state index < -0.39 is 0 Å². The van der Waals surface area contributed by atoms with Crippen molar-refractivity contribution in [1.29, 1.82) is 0 Å². The summed E-state index contributed by atoms with van der Waals surface area (Å²) in [6.45, 7) is 2.29. The molecule has 0 aliphatic heterocycles. The maximum absolute atomic E-state index is 12.8. The minimum absolute atomic E-state index is 0.230. The smallest absolute Gasteiger partial charge is 0.294 e. The summed E-state index contributed by atoms with van der Waals surface area (Å²) < 4.78 is 1.53. The van der Waals surface area contributed by atoms with E-state index in [0.29, 0.717) is 43.6 Å². The van der Waals surface area contributed by atoms with Gasteiger partial charge in [0.1, 0.15) is 5.15 Å². The molecule has 31 heavy (non-hydrogen) atoms. The van der Waals surface area contributed by atoms with Crippen molar-refractivity contribution in [1.82, 2.24) is 24.8 Å². The van der Waals surface area contributed by atoms with Crippen molar-refractivity contribution < 1.29 is 0 Å². The van der Waals surface area contributed by atoms with Gasteiger partial charge in [-0.1, -0.05) is 35.9 Å². The Labute approximate surface area is 185 Å². The molecule has 158 valence electrons. The zero-order chi connectivity index (χ0) is 21.5. The lowest BCUT2D eigenvalue weighted by atomic mass is 10.1. The van der Waals surface area contributed by atoms with Gasteiger partial charge in [0.05, 0.1) is 6.20 Å². The van der Waals surface area contributed by atoms with Crippen LogP contribution < -0.4 is 16.2 Å². The molecule has 8 heteroatoms. The fraction of sp³-hybridized carbons (Fsp3) is 0.217. The Balaban J connectivity index is 1.34. The molecule has 0 aliphatic rings. The third-order valence-corrected chi connectivity index (χ3v) is 5.31. The van der Waals surface area contributed by atoms with Crippen LogP contribution in [0.3, 0.4) is 0 Å². The second kappa shape index (κ2) is 10.1. The van der Waals surface area contributed by atoms with Crippen molar-refractivity contribution in [2.45, 2.75) is 19.5 Å². The van der Waals surface area contributed by atoms with Gasteiger partial charge in [-0.3, -0.25) is 19.3 Å². The molecule has 3 aromatic heterocycles. The predicted molar refractivity (Wildman–Crippen MR) is 123 cm³/mol. The number of rotatable bonds is 9. The van der Waals surface area contributed by atoms with Crippen LogP contribution >= 0.6 is 11.6 Å². The maximum Gasteiger partial charge on any atom is 0.294 e. The molecule has 0 amide bonds. The molecule has 0 atom stereocenters. The Bertz CT molecular complexity index is 1210. The van der Waals surface area contributed by atoms with E-state index in [2.05, 4.69) is 31.7 Å². The van der Waals surface area contributed by atoms with E-state index in [-0.39, 0.29) is 5.56 Å². The van der Waals surface area contributed by atoms with Crippen LogP contribution in [-0.2, 0) is 19.5 Å². The third kappa shape index (κ3) is 5.25. The van der Waals surface area contributed by atoms with Crippen LogP contribution in [0.5, 0.6) is 0 Å². The van der Waals surface area contributed by atoms with Gasteiger partial charge in [0.25, 0.3) is 5.56 Å². The number of pyridine rings is 2. The summed E-state index contributed by atoms with van der Waals surface area (Å²) in [6, 6.07) is 13.9. The van der Waals surface area contributed by atoms with Crippen molar-refractivity contribution in [3.8, 4) is 0 Å². The van der Waals surface area contributed by atoms with Crippen LogP contribution in [0.4, 0.5) is 5.82 Å². The number of fused-ring (bicyclic) bond motifs is 1. The molecule has 1 aromatic carbocycles. The van der Waals surface area contributed by atoms with Crippen LogP contribution in [0, 0.1) is 0 Å². The average molecular weight is 435 g/mol. The topological polar surface area (TPSA) is 84.7 Å². The zero-order valence-corrected chi connectivity index (χ0v) is 17.7. The highest BCUT2D eigenvalue weighted by Gasteiger charge is 2.09. The lowest BCUT2D eigenvalue weighted by Crippen LogP contribution is -2.30. The summed E-state index contributed by atoms with van der Waals surface area (Å²) >= 11 is 6.23. The van der Waals surface area contributed by atoms with Crippen LogP contribution in [0.15, 0.2) is 72.0 Å². The molecule has 0 spiro atoms. The molecule has 0 bridgehead atoms. The lowest BCUT2D eigenvalue weighted by Gasteiger charge is -2.12. The molecule has 2 N–H and O–H groups in total. The molecule has 0 saturated carbocycles. The van der Waals surface area contributed by atoms with Crippen molar-refractivity contribution >= 4 is 28.2 Å². The first kappa shape index (κ1) is 21.0. The third-order valence-electron chi connectivity index (χ3n) is 5.00. The Morgan fingerprint density at radius 2 is 1.90 bits per heavy atom. The summed E-state index contributed by atoms with van der Waals surface area (Å²) in [5.41, 5.74) is 1.91. The van der Waals surface area contributed by atoms with Gasteiger partial charge in [0.15, 0.2) is 5.82 Å². The van der Waals surface area contributed by atoms with Gasteiger partial charge in [-0.15, -0.1) is 0 Å². The van der Waals surface area contributed by atoms with Gasteiger partial charge < -0.3 is 10.6 Å². The van der Waals surface area contributed by atoms with Crippen LogP contribution in [-0.4, -0.2) is 32.6 Å². The summed E-state index contributed by atoms with van der Waals surface area (Å²) in [4.78, 5) is 25.4. The molecular formula is C23H23ClN6O. The van der Waals surface area contributed by atoms with E-state index in [0.717, 1.165) is 11.1 Å². The van der Waals surface area contributed by atoms with Crippen molar-refractivity contribution in [2.24, 2.45) is 0 Å². The molecule has 0 fully saturated rings. The second-order valence-corrected chi connectivity index (χ2v) is 7.46. The molecule has 4 rings (SSSR count). The van der Waals surface area contributed by atoms with Crippen LogP contribution in [0.1, 0.15) is 11.3 Å².